The van der Waals surface area contributed by atoms with E-state index in [0.717, 1.165) is 0 Å². The van der Waals surface area contributed by atoms with E-state index in [9.17, 15) is 16.8 Å². The molecule has 1 aliphatic heterocycles. The summed E-state index contributed by atoms with van der Waals surface area (Å²) in [6.45, 7) is 0.0697. The van der Waals surface area contributed by atoms with Crippen molar-refractivity contribution in [2.24, 2.45) is 7.05 Å². The maximum atomic E-state index is 12.7. The molecule has 0 spiro atoms. The fraction of sp³-hybridized carbons (Fsp3) is 0.357. The Bertz CT molecular complexity index is 952. The summed E-state index contributed by atoms with van der Waals surface area (Å²) in [5.74, 6) is 0. The molecule has 1 aromatic carbocycles. The number of hydrogen-bond acceptors (Lipinski definition) is 5. The number of nitrogens with zero attached hydrogens (tertiary/aromatic N) is 3. The van der Waals surface area contributed by atoms with Crippen LogP contribution in [-0.2, 0) is 26.9 Å². The minimum Gasteiger partial charge on any atom is -0.339 e. The molecule has 1 saturated heterocycles. The molecule has 0 unspecified atom stereocenters. The van der Waals surface area contributed by atoms with Crippen LogP contribution in [0.25, 0.3) is 0 Å². The smallest absolute Gasteiger partial charge is 0.262 e. The Morgan fingerprint density at radius 2 is 1.83 bits per heavy atom. The second-order valence-electron chi connectivity index (χ2n) is 5.65. The van der Waals surface area contributed by atoms with Gasteiger partial charge in [0, 0.05) is 31.4 Å². The van der Waals surface area contributed by atoms with Crippen LogP contribution in [0.15, 0.2) is 46.7 Å². The molecule has 0 bridgehead atoms. The summed E-state index contributed by atoms with van der Waals surface area (Å²) in [5, 5.41) is -0.411. The zero-order chi connectivity index (χ0) is 17.5. The molecule has 130 valence electrons. The van der Waals surface area contributed by atoms with Crippen LogP contribution in [0.5, 0.6) is 0 Å². The Morgan fingerprint density at radius 1 is 1.17 bits per heavy atom. The third kappa shape index (κ3) is 3.08. The van der Waals surface area contributed by atoms with Crippen molar-refractivity contribution in [3.8, 4) is 0 Å². The van der Waals surface area contributed by atoms with E-state index in [1.165, 1.54) is 45.7 Å². The van der Waals surface area contributed by atoms with Crippen LogP contribution in [0.4, 0.5) is 0 Å². The van der Waals surface area contributed by atoms with Gasteiger partial charge < -0.3 is 4.57 Å². The fourth-order valence-corrected chi connectivity index (χ4v) is 6.02. The molecule has 24 heavy (non-hydrogen) atoms. The molecule has 0 radical (unpaired) electrons. The van der Waals surface area contributed by atoms with Gasteiger partial charge in [-0.25, -0.2) is 21.8 Å². The number of aryl methyl sites for hydroxylation is 1. The first-order valence-corrected chi connectivity index (χ1v) is 10.6. The lowest BCUT2D eigenvalue weighted by molar-refractivity contribution is 0.474. The first-order chi connectivity index (χ1) is 11.2. The van der Waals surface area contributed by atoms with E-state index in [2.05, 4.69) is 4.98 Å². The van der Waals surface area contributed by atoms with Crippen LogP contribution in [0.3, 0.4) is 0 Å². The van der Waals surface area contributed by atoms with Gasteiger partial charge in [-0.2, -0.15) is 4.31 Å². The van der Waals surface area contributed by atoms with Gasteiger partial charge in [0.25, 0.3) is 10.0 Å². The number of rotatable bonds is 4. The maximum Gasteiger partial charge on any atom is 0.262 e. The summed E-state index contributed by atoms with van der Waals surface area (Å²) in [6.07, 6.45) is 3.04. The van der Waals surface area contributed by atoms with Crippen molar-refractivity contribution < 1.29 is 16.8 Å². The number of aromatic nitrogens is 2. The third-order valence-electron chi connectivity index (χ3n) is 3.97. The molecule has 2 aromatic rings. The van der Waals surface area contributed by atoms with Crippen molar-refractivity contribution >= 4 is 31.5 Å². The average Bonchev–Trinajstić information content (AvgIpc) is 3.17. The van der Waals surface area contributed by atoms with E-state index in [1.54, 1.807) is 7.05 Å². The van der Waals surface area contributed by atoms with Gasteiger partial charge in [0.15, 0.2) is 14.9 Å². The van der Waals surface area contributed by atoms with Gasteiger partial charge in [-0.1, -0.05) is 11.6 Å². The van der Waals surface area contributed by atoms with Gasteiger partial charge in [0.2, 0.25) is 0 Å². The predicted octanol–water partition coefficient (Wildman–Crippen LogP) is 1.31. The van der Waals surface area contributed by atoms with Gasteiger partial charge in [-0.05, 0) is 30.7 Å². The lowest BCUT2D eigenvalue weighted by Crippen LogP contribution is -2.32. The molecular formula is C14H16ClN3O4S2. The van der Waals surface area contributed by atoms with Crippen molar-refractivity contribution in [2.45, 2.75) is 21.6 Å². The molecule has 1 aromatic heterocycles. The SMILES string of the molecule is Cn1cnc(S(=O)(=O)N2CC[C@@H](S(=O)(=O)c3ccc(Cl)cc3)C2)c1. The van der Waals surface area contributed by atoms with E-state index in [4.69, 9.17) is 11.6 Å². The van der Waals surface area contributed by atoms with Gasteiger partial charge in [-0.15, -0.1) is 0 Å². The molecule has 0 saturated carbocycles. The Morgan fingerprint density at radius 3 is 2.42 bits per heavy atom. The first-order valence-electron chi connectivity index (χ1n) is 7.19. The lowest BCUT2D eigenvalue weighted by Gasteiger charge is -2.15. The zero-order valence-electron chi connectivity index (χ0n) is 12.8. The standard InChI is InChI=1S/C14H16ClN3O4S2/c1-17-9-14(16-10-17)24(21,22)18-7-6-13(8-18)23(19,20)12-4-2-11(15)3-5-12/h2-5,9-10,13H,6-8H2,1H3/t13-/m1/s1. The van der Waals surface area contributed by atoms with Crippen LogP contribution in [-0.4, -0.2) is 49.0 Å². The first kappa shape index (κ1) is 17.4. The number of benzene rings is 1. The number of imidazole rings is 1. The zero-order valence-corrected chi connectivity index (χ0v) is 15.2. The number of hydrogen-bond donors (Lipinski definition) is 0. The van der Waals surface area contributed by atoms with E-state index in [1.807, 2.05) is 0 Å². The maximum absolute atomic E-state index is 12.7. The highest BCUT2D eigenvalue weighted by molar-refractivity contribution is 7.92. The minimum absolute atomic E-state index is 0.0745. The monoisotopic (exact) mass is 389 g/mol. The highest BCUT2D eigenvalue weighted by Crippen LogP contribution is 2.28. The summed E-state index contributed by atoms with van der Waals surface area (Å²) < 4.78 is 53.1. The molecule has 3 rings (SSSR count). The number of sulfonamides is 1. The van der Waals surface area contributed by atoms with Gasteiger partial charge in [0.1, 0.15) is 0 Å². The van der Waals surface area contributed by atoms with E-state index < -0.39 is 25.1 Å². The summed E-state index contributed by atoms with van der Waals surface area (Å²) in [7, 11) is -5.73. The summed E-state index contributed by atoms with van der Waals surface area (Å²) in [5.41, 5.74) is 0. The molecule has 7 nitrogen and oxygen atoms in total. The normalized spacial score (nSPS) is 19.7. The fourth-order valence-electron chi connectivity index (χ4n) is 2.64. The third-order valence-corrected chi connectivity index (χ3v) is 8.17. The van der Waals surface area contributed by atoms with Crippen LogP contribution < -0.4 is 0 Å². The Kier molecular flexibility index (Phi) is 4.45. The number of halogens is 1. The molecule has 1 aliphatic rings. The Labute approximate surface area is 145 Å². The second kappa shape index (κ2) is 6.14. The molecule has 0 aliphatic carbocycles. The van der Waals surface area contributed by atoms with Gasteiger partial charge in [-0.3, -0.25) is 0 Å². The van der Waals surface area contributed by atoms with Gasteiger partial charge >= 0.3 is 0 Å². The van der Waals surface area contributed by atoms with Crippen LogP contribution in [0, 0.1) is 0 Å². The molecular weight excluding hydrogens is 374 g/mol. The topological polar surface area (TPSA) is 89.3 Å². The quantitative estimate of drug-likeness (QED) is 0.786. The van der Waals surface area contributed by atoms with Crippen LogP contribution in [0.2, 0.25) is 5.02 Å². The van der Waals surface area contributed by atoms with Crippen LogP contribution in [0.1, 0.15) is 6.42 Å². The molecule has 10 heteroatoms. The summed E-state index contributed by atoms with van der Waals surface area (Å²) >= 11 is 5.78. The van der Waals surface area contributed by atoms with Crippen molar-refractivity contribution in [1.29, 1.82) is 0 Å². The average molecular weight is 390 g/mol. The molecule has 0 amide bonds. The lowest BCUT2D eigenvalue weighted by atomic mass is 10.4. The van der Waals surface area contributed by atoms with Crippen LogP contribution >= 0.6 is 11.6 Å². The molecule has 1 fully saturated rings. The number of sulfone groups is 1. The molecule has 2 heterocycles. The molecule has 1 atom stereocenters. The second-order valence-corrected chi connectivity index (χ2v) is 10.2. The van der Waals surface area contributed by atoms with Crippen molar-refractivity contribution in [3.63, 3.8) is 0 Å². The summed E-state index contributed by atoms with van der Waals surface area (Å²) in [4.78, 5) is 4.00. The largest absolute Gasteiger partial charge is 0.339 e. The van der Waals surface area contributed by atoms with E-state index in [-0.39, 0.29) is 29.4 Å². The predicted molar refractivity (Wildman–Crippen MR) is 89.0 cm³/mol. The highest BCUT2D eigenvalue weighted by atomic mass is 35.5. The van der Waals surface area contributed by atoms with Crippen molar-refractivity contribution in [1.82, 2.24) is 13.9 Å². The van der Waals surface area contributed by atoms with Crippen molar-refractivity contribution in [3.05, 3.63) is 41.8 Å². The Hall–Kier alpha value is -1.42. The highest BCUT2D eigenvalue weighted by Gasteiger charge is 2.40. The minimum atomic E-state index is -3.78. The Balaban J connectivity index is 1.83. The van der Waals surface area contributed by atoms with E-state index in [0.29, 0.717) is 5.02 Å². The summed E-state index contributed by atoms with van der Waals surface area (Å²) in [6, 6.07) is 5.89. The van der Waals surface area contributed by atoms with E-state index >= 15 is 0 Å². The van der Waals surface area contributed by atoms with Crippen molar-refractivity contribution in [2.75, 3.05) is 13.1 Å². The molecule has 0 N–H and O–H groups in total. The van der Waals surface area contributed by atoms with Gasteiger partial charge in [0.05, 0.1) is 16.5 Å².